The molecule has 1 unspecified atom stereocenters. The second-order valence-electron chi connectivity index (χ2n) is 5.60. The van der Waals surface area contributed by atoms with Gasteiger partial charge in [0.1, 0.15) is 0 Å². The van der Waals surface area contributed by atoms with E-state index in [1.54, 1.807) is 5.56 Å². The van der Waals surface area contributed by atoms with Crippen molar-refractivity contribution >= 4 is 10.9 Å². The SMILES string of the molecule is Cc1c(C(CCN)C2CC2)c2ccccc2n1C. The van der Waals surface area contributed by atoms with Crippen molar-refractivity contribution in [2.75, 3.05) is 6.54 Å². The first-order valence-corrected chi connectivity index (χ1v) is 6.98. The monoisotopic (exact) mass is 242 g/mol. The summed E-state index contributed by atoms with van der Waals surface area (Å²) in [5.41, 5.74) is 10.2. The van der Waals surface area contributed by atoms with Crippen LogP contribution in [0.25, 0.3) is 10.9 Å². The number of hydrogen-bond donors (Lipinski definition) is 1. The highest BCUT2D eigenvalue weighted by molar-refractivity contribution is 5.86. The molecule has 1 saturated carbocycles. The average Bonchev–Trinajstić information content (AvgIpc) is 3.18. The van der Waals surface area contributed by atoms with Crippen LogP contribution in [0.5, 0.6) is 0 Å². The second-order valence-corrected chi connectivity index (χ2v) is 5.60. The maximum absolute atomic E-state index is 5.83. The molecule has 0 aliphatic heterocycles. The van der Waals surface area contributed by atoms with Crippen molar-refractivity contribution in [3.8, 4) is 0 Å². The Morgan fingerprint density at radius 3 is 2.72 bits per heavy atom. The molecule has 2 aromatic rings. The minimum atomic E-state index is 0.668. The van der Waals surface area contributed by atoms with E-state index in [0.717, 1.165) is 18.9 Å². The van der Waals surface area contributed by atoms with E-state index < -0.39 is 0 Å². The summed E-state index contributed by atoms with van der Waals surface area (Å²) in [6.07, 6.45) is 3.89. The Morgan fingerprint density at radius 2 is 2.06 bits per heavy atom. The summed E-state index contributed by atoms with van der Waals surface area (Å²) in [6.45, 7) is 3.05. The molecule has 1 atom stereocenters. The minimum Gasteiger partial charge on any atom is -0.348 e. The zero-order valence-corrected chi connectivity index (χ0v) is 11.3. The minimum absolute atomic E-state index is 0.668. The van der Waals surface area contributed by atoms with Gasteiger partial charge in [0.25, 0.3) is 0 Å². The molecule has 1 aliphatic rings. The van der Waals surface area contributed by atoms with Crippen LogP contribution in [0.4, 0.5) is 0 Å². The molecule has 0 amide bonds. The van der Waals surface area contributed by atoms with Crippen LogP contribution in [0.2, 0.25) is 0 Å². The number of rotatable bonds is 4. The fraction of sp³-hybridized carbons (Fsp3) is 0.500. The number of aromatic nitrogens is 1. The molecule has 0 radical (unpaired) electrons. The molecule has 0 spiro atoms. The second kappa shape index (κ2) is 4.43. The first-order valence-electron chi connectivity index (χ1n) is 6.98. The third kappa shape index (κ3) is 1.76. The Balaban J connectivity index is 2.17. The van der Waals surface area contributed by atoms with Crippen LogP contribution < -0.4 is 5.73 Å². The Kier molecular flexibility index (Phi) is 2.90. The highest BCUT2D eigenvalue weighted by Crippen LogP contribution is 2.47. The number of benzene rings is 1. The van der Waals surface area contributed by atoms with Gasteiger partial charge in [-0.2, -0.15) is 0 Å². The Labute approximate surface area is 109 Å². The van der Waals surface area contributed by atoms with Crippen LogP contribution in [0.3, 0.4) is 0 Å². The topological polar surface area (TPSA) is 30.9 Å². The van der Waals surface area contributed by atoms with Gasteiger partial charge in [0, 0.05) is 23.6 Å². The largest absolute Gasteiger partial charge is 0.348 e. The molecule has 1 aliphatic carbocycles. The van der Waals surface area contributed by atoms with Crippen molar-refractivity contribution in [3.05, 3.63) is 35.5 Å². The highest BCUT2D eigenvalue weighted by atomic mass is 14.9. The average molecular weight is 242 g/mol. The molecule has 1 aromatic heterocycles. The van der Waals surface area contributed by atoms with Crippen LogP contribution in [0, 0.1) is 12.8 Å². The lowest BCUT2D eigenvalue weighted by Gasteiger charge is -2.16. The number of hydrogen-bond acceptors (Lipinski definition) is 1. The first kappa shape index (κ1) is 11.8. The van der Waals surface area contributed by atoms with E-state index in [2.05, 4.69) is 42.8 Å². The van der Waals surface area contributed by atoms with Crippen molar-refractivity contribution in [2.24, 2.45) is 18.7 Å². The van der Waals surface area contributed by atoms with E-state index in [0.29, 0.717) is 5.92 Å². The molecule has 2 heteroatoms. The molecular weight excluding hydrogens is 220 g/mol. The molecule has 2 nitrogen and oxygen atoms in total. The smallest absolute Gasteiger partial charge is 0.0482 e. The van der Waals surface area contributed by atoms with E-state index in [9.17, 15) is 0 Å². The summed E-state index contributed by atoms with van der Waals surface area (Å²) in [6, 6.07) is 8.76. The maximum Gasteiger partial charge on any atom is 0.0482 e. The number of nitrogens with two attached hydrogens (primary N) is 1. The van der Waals surface area contributed by atoms with Crippen LogP contribution >= 0.6 is 0 Å². The number of fused-ring (bicyclic) bond motifs is 1. The lowest BCUT2D eigenvalue weighted by Crippen LogP contribution is -2.10. The Morgan fingerprint density at radius 1 is 1.33 bits per heavy atom. The molecule has 2 N–H and O–H groups in total. The molecule has 1 aromatic carbocycles. The predicted octanol–water partition coefficient (Wildman–Crippen LogP) is 3.33. The summed E-state index contributed by atoms with van der Waals surface area (Å²) in [5.74, 6) is 1.54. The van der Waals surface area contributed by atoms with Gasteiger partial charge in [0.15, 0.2) is 0 Å². The van der Waals surface area contributed by atoms with Crippen LogP contribution in [-0.4, -0.2) is 11.1 Å². The quantitative estimate of drug-likeness (QED) is 0.876. The van der Waals surface area contributed by atoms with Crippen molar-refractivity contribution in [1.29, 1.82) is 0 Å². The van der Waals surface area contributed by atoms with Gasteiger partial charge in [-0.25, -0.2) is 0 Å². The third-order valence-corrected chi connectivity index (χ3v) is 4.49. The number of para-hydroxylation sites is 1. The van der Waals surface area contributed by atoms with Crippen LogP contribution in [0.15, 0.2) is 24.3 Å². The summed E-state index contributed by atoms with van der Waals surface area (Å²) in [7, 11) is 2.17. The summed E-state index contributed by atoms with van der Waals surface area (Å²) in [4.78, 5) is 0. The Bertz CT molecular complexity index is 564. The van der Waals surface area contributed by atoms with Crippen molar-refractivity contribution < 1.29 is 0 Å². The van der Waals surface area contributed by atoms with E-state index >= 15 is 0 Å². The zero-order valence-electron chi connectivity index (χ0n) is 11.3. The molecule has 1 fully saturated rings. The van der Waals surface area contributed by atoms with Gasteiger partial charge in [0.05, 0.1) is 0 Å². The van der Waals surface area contributed by atoms with Gasteiger partial charge >= 0.3 is 0 Å². The molecule has 3 rings (SSSR count). The molecule has 1 heterocycles. The van der Waals surface area contributed by atoms with Crippen molar-refractivity contribution in [2.45, 2.75) is 32.1 Å². The lowest BCUT2D eigenvalue weighted by atomic mass is 9.89. The van der Waals surface area contributed by atoms with Gasteiger partial charge < -0.3 is 10.3 Å². The number of nitrogens with zero attached hydrogens (tertiary/aromatic N) is 1. The van der Waals surface area contributed by atoms with Crippen molar-refractivity contribution in [3.63, 3.8) is 0 Å². The van der Waals surface area contributed by atoms with Crippen molar-refractivity contribution in [1.82, 2.24) is 4.57 Å². The summed E-state index contributed by atoms with van der Waals surface area (Å²) >= 11 is 0. The van der Waals surface area contributed by atoms with E-state index in [4.69, 9.17) is 5.73 Å². The van der Waals surface area contributed by atoms with Crippen LogP contribution in [0.1, 0.15) is 36.4 Å². The third-order valence-electron chi connectivity index (χ3n) is 4.49. The standard InChI is InChI=1S/C16H22N2/c1-11-16(13(9-10-17)12-7-8-12)14-5-3-4-6-15(14)18(11)2/h3-6,12-13H,7-10,17H2,1-2H3. The maximum atomic E-state index is 5.83. The van der Waals surface area contributed by atoms with Gasteiger partial charge in [-0.05, 0) is 56.2 Å². The van der Waals surface area contributed by atoms with Gasteiger partial charge in [0.2, 0.25) is 0 Å². The fourth-order valence-electron chi connectivity index (χ4n) is 3.31. The molecular formula is C16H22N2. The number of aryl methyl sites for hydroxylation is 1. The first-order chi connectivity index (χ1) is 8.74. The predicted molar refractivity (Wildman–Crippen MR) is 76.8 cm³/mol. The molecule has 0 bridgehead atoms. The van der Waals surface area contributed by atoms with E-state index in [1.165, 1.54) is 29.4 Å². The molecule has 18 heavy (non-hydrogen) atoms. The summed E-state index contributed by atoms with van der Waals surface area (Å²) < 4.78 is 2.33. The van der Waals surface area contributed by atoms with Gasteiger partial charge in [-0.1, -0.05) is 18.2 Å². The van der Waals surface area contributed by atoms with E-state index in [-0.39, 0.29) is 0 Å². The zero-order chi connectivity index (χ0) is 12.7. The van der Waals surface area contributed by atoms with Gasteiger partial charge in [-0.3, -0.25) is 0 Å². The normalized spacial score (nSPS) is 17.3. The Hall–Kier alpha value is -1.28. The van der Waals surface area contributed by atoms with E-state index in [1.807, 2.05) is 0 Å². The molecule has 0 saturated heterocycles. The lowest BCUT2D eigenvalue weighted by molar-refractivity contribution is 0.564. The highest BCUT2D eigenvalue weighted by Gasteiger charge is 2.34. The van der Waals surface area contributed by atoms with Crippen LogP contribution in [-0.2, 0) is 7.05 Å². The summed E-state index contributed by atoms with van der Waals surface area (Å²) in [5, 5.41) is 1.43. The fourth-order valence-corrected chi connectivity index (χ4v) is 3.31. The van der Waals surface area contributed by atoms with Gasteiger partial charge in [-0.15, -0.1) is 0 Å². The molecule has 96 valence electrons.